The van der Waals surface area contributed by atoms with Crippen LogP contribution in [-0.2, 0) is 14.8 Å². The second-order valence-corrected chi connectivity index (χ2v) is 9.36. The summed E-state index contributed by atoms with van der Waals surface area (Å²) in [6.45, 7) is 1.66. The normalized spacial score (nSPS) is 22.3. The summed E-state index contributed by atoms with van der Waals surface area (Å²) in [5, 5.41) is 10.8. The molecule has 1 aromatic carbocycles. The highest BCUT2D eigenvalue weighted by atomic mass is 32.2. The second-order valence-electron chi connectivity index (χ2n) is 7.47. The van der Waals surface area contributed by atoms with Crippen molar-refractivity contribution >= 4 is 21.6 Å². The minimum absolute atomic E-state index is 0.00883. The molecule has 1 aromatic rings. The van der Waals surface area contributed by atoms with Gasteiger partial charge in [0.15, 0.2) is 0 Å². The van der Waals surface area contributed by atoms with Crippen molar-refractivity contribution in [3.63, 3.8) is 0 Å². The van der Waals surface area contributed by atoms with Crippen molar-refractivity contribution in [2.75, 3.05) is 19.6 Å². The van der Waals surface area contributed by atoms with Gasteiger partial charge in [0, 0.05) is 31.8 Å². The van der Waals surface area contributed by atoms with E-state index in [1.165, 1.54) is 35.0 Å². The Morgan fingerprint density at radius 2 is 1.50 bits per heavy atom. The molecule has 0 saturated carbocycles. The summed E-state index contributed by atoms with van der Waals surface area (Å²) in [4.78, 5) is 25.3. The van der Waals surface area contributed by atoms with E-state index >= 15 is 0 Å². The molecule has 2 saturated heterocycles. The summed E-state index contributed by atoms with van der Waals surface area (Å²) >= 11 is 0. The van der Waals surface area contributed by atoms with Crippen molar-refractivity contribution in [3.05, 3.63) is 34.4 Å². The van der Waals surface area contributed by atoms with Crippen molar-refractivity contribution in [3.8, 4) is 0 Å². The van der Waals surface area contributed by atoms with E-state index in [2.05, 4.69) is 0 Å². The Morgan fingerprint density at radius 1 is 0.929 bits per heavy atom. The second kappa shape index (κ2) is 9.00. The maximum absolute atomic E-state index is 13.2. The Kier molecular flexibility index (Phi) is 6.66. The molecule has 2 aliphatic rings. The third-order valence-corrected chi connectivity index (χ3v) is 7.48. The zero-order valence-electron chi connectivity index (χ0n) is 16.0. The molecule has 0 bridgehead atoms. The number of sulfonamides is 1. The lowest BCUT2D eigenvalue weighted by Crippen LogP contribution is -2.53. The summed E-state index contributed by atoms with van der Waals surface area (Å²) < 4.78 is 27.7. The van der Waals surface area contributed by atoms with Gasteiger partial charge in [-0.25, -0.2) is 8.42 Å². The lowest BCUT2D eigenvalue weighted by molar-refractivity contribution is -0.384. The number of non-ortho nitro benzene ring substituents is 1. The smallest absolute Gasteiger partial charge is 0.269 e. The average Bonchev–Trinajstić information content (AvgIpc) is 2.67. The van der Waals surface area contributed by atoms with Gasteiger partial charge in [0.2, 0.25) is 15.9 Å². The van der Waals surface area contributed by atoms with Gasteiger partial charge in [0.1, 0.15) is 6.04 Å². The quantitative estimate of drug-likeness (QED) is 0.562. The topological polar surface area (TPSA) is 101 Å². The summed E-state index contributed by atoms with van der Waals surface area (Å²) in [6.07, 6.45) is 7.32. The molecule has 154 valence electrons. The highest BCUT2D eigenvalue weighted by Crippen LogP contribution is 2.28. The maximum Gasteiger partial charge on any atom is 0.269 e. The van der Waals surface area contributed by atoms with E-state index in [1.54, 1.807) is 0 Å². The van der Waals surface area contributed by atoms with Crippen LogP contribution in [-0.4, -0.2) is 54.1 Å². The highest BCUT2D eigenvalue weighted by molar-refractivity contribution is 7.89. The van der Waals surface area contributed by atoms with E-state index in [9.17, 15) is 23.3 Å². The highest BCUT2D eigenvalue weighted by Gasteiger charge is 2.39. The SMILES string of the molecule is O=C(C1CCCCN1S(=O)(=O)c1ccc([N+](=O)[O-])cc1)N1CCCCCCC1. The van der Waals surface area contributed by atoms with Crippen molar-refractivity contribution in [1.29, 1.82) is 0 Å². The Hall–Kier alpha value is -2.00. The number of nitro groups is 1. The van der Waals surface area contributed by atoms with Crippen LogP contribution in [0.2, 0.25) is 0 Å². The first kappa shape index (κ1) is 20.7. The Labute approximate surface area is 165 Å². The number of carbonyl (C=O) groups is 1. The largest absolute Gasteiger partial charge is 0.341 e. The predicted octanol–water partition coefficient (Wildman–Crippen LogP) is 2.93. The van der Waals surface area contributed by atoms with Crippen LogP contribution in [0.3, 0.4) is 0 Å². The molecule has 2 fully saturated rings. The van der Waals surface area contributed by atoms with Gasteiger partial charge >= 0.3 is 0 Å². The van der Waals surface area contributed by atoms with Crippen LogP contribution in [0.25, 0.3) is 0 Å². The van der Waals surface area contributed by atoms with Crippen molar-refractivity contribution in [1.82, 2.24) is 9.21 Å². The van der Waals surface area contributed by atoms with Gasteiger partial charge in [-0.3, -0.25) is 14.9 Å². The molecule has 0 spiro atoms. The molecule has 0 aromatic heterocycles. The number of carbonyl (C=O) groups excluding carboxylic acids is 1. The fraction of sp³-hybridized carbons (Fsp3) is 0.632. The van der Waals surface area contributed by atoms with E-state index in [4.69, 9.17) is 0 Å². The van der Waals surface area contributed by atoms with Crippen molar-refractivity contribution in [2.24, 2.45) is 0 Å². The zero-order chi connectivity index (χ0) is 20.1. The van der Waals surface area contributed by atoms with E-state index < -0.39 is 21.0 Å². The van der Waals surface area contributed by atoms with Crippen LogP contribution in [0.1, 0.15) is 51.4 Å². The lowest BCUT2D eigenvalue weighted by atomic mass is 10.0. The number of rotatable bonds is 4. The van der Waals surface area contributed by atoms with Crippen LogP contribution in [0.5, 0.6) is 0 Å². The molecule has 2 heterocycles. The van der Waals surface area contributed by atoms with E-state index in [-0.39, 0.29) is 16.5 Å². The first-order valence-electron chi connectivity index (χ1n) is 9.96. The molecule has 0 N–H and O–H groups in total. The van der Waals surface area contributed by atoms with Crippen LogP contribution < -0.4 is 0 Å². The standard InChI is InChI=1S/C19H27N3O5S/c23-19(20-13-5-2-1-3-6-14-20)18-8-4-7-15-21(18)28(26,27)17-11-9-16(10-12-17)22(24)25/h9-12,18H,1-8,13-15H2. The average molecular weight is 410 g/mol. The van der Waals surface area contributed by atoms with Gasteiger partial charge < -0.3 is 4.90 Å². The predicted molar refractivity (Wildman–Crippen MR) is 104 cm³/mol. The van der Waals surface area contributed by atoms with E-state index in [1.807, 2.05) is 4.90 Å². The fourth-order valence-electron chi connectivity index (χ4n) is 3.99. The molecule has 8 nitrogen and oxygen atoms in total. The van der Waals surface area contributed by atoms with E-state index in [0.717, 1.165) is 32.1 Å². The van der Waals surface area contributed by atoms with Crippen LogP contribution in [0, 0.1) is 10.1 Å². The minimum atomic E-state index is -3.89. The van der Waals surface area contributed by atoms with Crippen LogP contribution in [0.4, 0.5) is 5.69 Å². The molecule has 1 amide bonds. The van der Waals surface area contributed by atoms with Crippen molar-refractivity contribution < 1.29 is 18.1 Å². The lowest BCUT2D eigenvalue weighted by Gasteiger charge is -2.37. The number of piperidine rings is 1. The Bertz CT molecular complexity index is 801. The monoisotopic (exact) mass is 409 g/mol. The summed E-state index contributed by atoms with van der Waals surface area (Å²) in [6, 6.07) is 4.19. The molecular formula is C19H27N3O5S. The first-order valence-corrected chi connectivity index (χ1v) is 11.4. The van der Waals surface area contributed by atoms with Gasteiger partial charge in [-0.15, -0.1) is 0 Å². The minimum Gasteiger partial charge on any atom is -0.341 e. The Balaban J connectivity index is 1.83. The molecule has 1 unspecified atom stereocenters. The molecule has 0 aliphatic carbocycles. The number of hydrogen-bond donors (Lipinski definition) is 0. The number of nitro benzene ring substituents is 1. The van der Waals surface area contributed by atoms with Gasteiger partial charge in [0.25, 0.3) is 5.69 Å². The number of amides is 1. The first-order chi connectivity index (χ1) is 13.4. The molecule has 9 heteroatoms. The number of benzene rings is 1. The third kappa shape index (κ3) is 4.52. The molecule has 2 aliphatic heterocycles. The number of nitrogens with zero attached hydrogens (tertiary/aromatic N) is 3. The summed E-state index contributed by atoms with van der Waals surface area (Å²) in [5.41, 5.74) is -0.161. The van der Waals surface area contributed by atoms with Crippen LogP contribution >= 0.6 is 0 Å². The molecule has 28 heavy (non-hydrogen) atoms. The van der Waals surface area contributed by atoms with E-state index in [0.29, 0.717) is 32.5 Å². The Morgan fingerprint density at radius 3 is 2.11 bits per heavy atom. The van der Waals surface area contributed by atoms with Gasteiger partial charge in [-0.05, 0) is 37.8 Å². The zero-order valence-corrected chi connectivity index (χ0v) is 16.8. The molecule has 1 atom stereocenters. The van der Waals surface area contributed by atoms with Gasteiger partial charge in [-0.2, -0.15) is 4.31 Å². The van der Waals surface area contributed by atoms with Crippen molar-refractivity contribution in [2.45, 2.75) is 62.3 Å². The fourth-order valence-corrected chi connectivity index (χ4v) is 5.64. The van der Waals surface area contributed by atoms with Crippen LogP contribution in [0.15, 0.2) is 29.2 Å². The van der Waals surface area contributed by atoms with Gasteiger partial charge in [0.05, 0.1) is 9.82 Å². The third-order valence-electron chi connectivity index (χ3n) is 5.56. The summed E-state index contributed by atoms with van der Waals surface area (Å²) in [5.74, 6) is -0.105. The number of hydrogen-bond acceptors (Lipinski definition) is 5. The molecule has 0 radical (unpaired) electrons. The summed E-state index contributed by atoms with van der Waals surface area (Å²) in [7, 11) is -3.89. The maximum atomic E-state index is 13.2. The van der Waals surface area contributed by atoms with Gasteiger partial charge in [-0.1, -0.05) is 25.7 Å². The molecular weight excluding hydrogens is 382 g/mol. The number of likely N-dealkylation sites (tertiary alicyclic amines) is 1. The molecule has 3 rings (SSSR count).